The maximum absolute atomic E-state index is 14.5. The molecule has 2 aromatic rings. The number of cyclic esters (lactones) is 1. The Hall–Kier alpha value is -2.64. The molecule has 0 aromatic carbocycles. The van der Waals surface area contributed by atoms with Crippen LogP contribution < -0.4 is 0 Å². The summed E-state index contributed by atoms with van der Waals surface area (Å²) < 4.78 is 20.8. The molecule has 2 amide bonds. The summed E-state index contributed by atoms with van der Waals surface area (Å²) in [5.74, 6) is -1.11. The van der Waals surface area contributed by atoms with Crippen molar-refractivity contribution in [3.8, 4) is 0 Å². The van der Waals surface area contributed by atoms with Gasteiger partial charge in [-0.25, -0.2) is 9.78 Å². The zero-order valence-corrected chi connectivity index (χ0v) is 12.5. The number of ether oxygens (including phenoxy) is 1. The molecule has 7 nitrogen and oxygen atoms in total. The Kier molecular flexibility index (Phi) is 3.00. The van der Waals surface area contributed by atoms with Gasteiger partial charge in [-0.3, -0.25) is 14.1 Å². The van der Waals surface area contributed by atoms with E-state index < -0.39 is 11.9 Å². The number of amides is 2. The normalized spacial score (nSPS) is 20.8. The summed E-state index contributed by atoms with van der Waals surface area (Å²) in [5.41, 5.74) is 1.09. The van der Waals surface area contributed by atoms with E-state index in [1.54, 1.807) is 17.2 Å². The Balaban J connectivity index is 1.62. The van der Waals surface area contributed by atoms with E-state index in [1.807, 2.05) is 13.0 Å². The number of fused-ring (bicyclic) bond motifs is 2. The number of hydrogen-bond donors (Lipinski definition) is 0. The molecule has 2 fully saturated rings. The van der Waals surface area contributed by atoms with Gasteiger partial charge in [0, 0.05) is 25.8 Å². The smallest absolute Gasteiger partial charge is 0.410 e. The number of rotatable bonds is 1. The highest BCUT2D eigenvalue weighted by Gasteiger charge is 2.39. The van der Waals surface area contributed by atoms with Crippen LogP contribution in [0.5, 0.6) is 0 Å². The minimum absolute atomic E-state index is 0.164. The lowest BCUT2D eigenvalue weighted by Gasteiger charge is -2.34. The van der Waals surface area contributed by atoms with Crippen LogP contribution in [0.15, 0.2) is 18.3 Å². The molecule has 8 heteroatoms. The van der Waals surface area contributed by atoms with Gasteiger partial charge in [-0.1, -0.05) is 6.07 Å². The van der Waals surface area contributed by atoms with Crippen LogP contribution in [0.2, 0.25) is 0 Å². The highest BCUT2D eigenvalue weighted by atomic mass is 19.1. The van der Waals surface area contributed by atoms with Crippen molar-refractivity contribution in [3.05, 3.63) is 35.5 Å². The standard InChI is InChI=1S/C15H15FN4O3/c1-9-2-3-11-17-12(13(16)20(11)6-9)14(21)18-4-5-19-10(7-18)8-23-15(19)22/h2-3,6,10H,4-5,7-8H2,1H3. The van der Waals surface area contributed by atoms with Gasteiger partial charge in [0.25, 0.3) is 5.91 Å². The lowest BCUT2D eigenvalue weighted by Crippen LogP contribution is -2.53. The molecule has 4 rings (SSSR count). The second-order valence-corrected chi connectivity index (χ2v) is 5.86. The molecular weight excluding hydrogens is 303 g/mol. The van der Waals surface area contributed by atoms with Crippen molar-refractivity contribution < 1.29 is 18.7 Å². The van der Waals surface area contributed by atoms with Gasteiger partial charge in [0.1, 0.15) is 12.3 Å². The van der Waals surface area contributed by atoms with Gasteiger partial charge >= 0.3 is 6.09 Å². The number of piperazine rings is 1. The summed E-state index contributed by atoms with van der Waals surface area (Å²) >= 11 is 0. The number of imidazole rings is 1. The summed E-state index contributed by atoms with van der Waals surface area (Å²) in [5, 5.41) is 0. The van der Waals surface area contributed by atoms with E-state index in [4.69, 9.17) is 4.74 Å². The van der Waals surface area contributed by atoms with Gasteiger partial charge in [-0.15, -0.1) is 0 Å². The van der Waals surface area contributed by atoms with Crippen LogP contribution in [-0.2, 0) is 4.74 Å². The summed E-state index contributed by atoms with van der Waals surface area (Å²) in [6.07, 6.45) is 1.26. The van der Waals surface area contributed by atoms with Gasteiger partial charge in [0.15, 0.2) is 5.69 Å². The fourth-order valence-corrected chi connectivity index (χ4v) is 3.08. The van der Waals surface area contributed by atoms with Crippen LogP contribution >= 0.6 is 0 Å². The molecule has 0 N–H and O–H groups in total. The maximum Gasteiger partial charge on any atom is 0.410 e. The van der Waals surface area contributed by atoms with Crippen molar-refractivity contribution in [2.75, 3.05) is 26.2 Å². The largest absolute Gasteiger partial charge is 0.447 e. The van der Waals surface area contributed by atoms with Crippen molar-refractivity contribution in [1.29, 1.82) is 0 Å². The lowest BCUT2D eigenvalue weighted by molar-refractivity contribution is 0.0606. The van der Waals surface area contributed by atoms with E-state index >= 15 is 0 Å². The molecule has 1 atom stereocenters. The third-order valence-electron chi connectivity index (χ3n) is 4.31. The molecule has 4 heterocycles. The molecule has 0 saturated carbocycles. The van der Waals surface area contributed by atoms with E-state index in [0.29, 0.717) is 25.3 Å². The number of carbonyl (C=O) groups is 2. The monoisotopic (exact) mass is 318 g/mol. The third-order valence-corrected chi connectivity index (χ3v) is 4.31. The summed E-state index contributed by atoms with van der Waals surface area (Å²) in [4.78, 5) is 31.3. The van der Waals surface area contributed by atoms with E-state index in [9.17, 15) is 14.0 Å². The number of carbonyl (C=O) groups excluding carboxylic acids is 2. The first-order chi connectivity index (χ1) is 11.0. The zero-order valence-electron chi connectivity index (χ0n) is 12.5. The predicted octanol–water partition coefficient (Wildman–Crippen LogP) is 1.06. The van der Waals surface area contributed by atoms with Crippen LogP contribution in [-0.4, -0.2) is 63.5 Å². The minimum atomic E-state index is -0.658. The number of nitrogens with zero attached hydrogens (tertiary/aromatic N) is 4. The van der Waals surface area contributed by atoms with Gasteiger partial charge in [-0.05, 0) is 18.6 Å². The molecule has 23 heavy (non-hydrogen) atoms. The first-order valence-corrected chi connectivity index (χ1v) is 7.41. The van der Waals surface area contributed by atoms with Crippen molar-refractivity contribution in [2.45, 2.75) is 13.0 Å². The van der Waals surface area contributed by atoms with Crippen molar-refractivity contribution in [2.24, 2.45) is 0 Å². The summed E-state index contributed by atoms with van der Waals surface area (Å²) in [6.45, 7) is 3.17. The van der Waals surface area contributed by atoms with Crippen molar-refractivity contribution in [3.63, 3.8) is 0 Å². The molecule has 0 bridgehead atoms. The number of halogens is 1. The van der Waals surface area contributed by atoms with E-state index in [2.05, 4.69) is 4.98 Å². The highest BCUT2D eigenvalue weighted by molar-refractivity contribution is 5.93. The third kappa shape index (κ3) is 2.13. The molecule has 0 spiro atoms. The zero-order chi connectivity index (χ0) is 16.1. The molecule has 2 saturated heterocycles. The second-order valence-electron chi connectivity index (χ2n) is 5.86. The number of pyridine rings is 1. The van der Waals surface area contributed by atoms with Gasteiger partial charge in [0.05, 0.1) is 6.04 Å². The minimum Gasteiger partial charge on any atom is -0.447 e. The molecule has 2 aromatic heterocycles. The van der Waals surface area contributed by atoms with E-state index in [0.717, 1.165) is 5.56 Å². The topological polar surface area (TPSA) is 67.2 Å². The van der Waals surface area contributed by atoms with Crippen molar-refractivity contribution >= 4 is 17.6 Å². The Morgan fingerprint density at radius 2 is 2.22 bits per heavy atom. The fraction of sp³-hybridized carbons (Fsp3) is 0.400. The lowest BCUT2D eigenvalue weighted by atomic mass is 10.2. The fourth-order valence-electron chi connectivity index (χ4n) is 3.08. The van der Waals surface area contributed by atoms with Crippen LogP contribution in [0.1, 0.15) is 16.1 Å². The molecule has 0 radical (unpaired) electrons. The van der Waals surface area contributed by atoms with Crippen LogP contribution in [0.25, 0.3) is 5.65 Å². The SMILES string of the molecule is Cc1ccc2nc(C(=O)N3CCN4C(=O)OCC4C3)c(F)n2c1. The number of hydrogen-bond acceptors (Lipinski definition) is 4. The quantitative estimate of drug-likeness (QED) is 0.788. The van der Waals surface area contributed by atoms with Crippen LogP contribution in [0.3, 0.4) is 0 Å². The molecule has 1 unspecified atom stereocenters. The Morgan fingerprint density at radius 3 is 3.04 bits per heavy atom. The molecular formula is C15H15FN4O3. The first-order valence-electron chi connectivity index (χ1n) is 7.41. The number of aryl methyl sites for hydroxylation is 1. The van der Waals surface area contributed by atoms with Crippen molar-refractivity contribution in [1.82, 2.24) is 19.2 Å². The molecule has 0 aliphatic carbocycles. The van der Waals surface area contributed by atoms with Gasteiger partial charge in [0.2, 0.25) is 5.95 Å². The first kappa shape index (κ1) is 14.0. The molecule has 2 aliphatic rings. The molecule has 120 valence electrons. The van der Waals surface area contributed by atoms with Gasteiger partial charge < -0.3 is 9.64 Å². The van der Waals surface area contributed by atoms with E-state index in [1.165, 1.54) is 9.30 Å². The number of aromatic nitrogens is 2. The summed E-state index contributed by atoms with van der Waals surface area (Å²) in [7, 11) is 0. The highest BCUT2D eigenvalue weighted by Crippen LogP contribution is 2.20. The Morgan fingerprint density at radius 1 is 1.39 bits per heavy atom. The Bertz CT molecular complexity index is 818. The van der Waals surface area contributed by atoms with Crippen LogP contribution in [0.4, 0.5) is 9.18 Å². The predicted molar refractivity (Wildman–Crippen MR) is 77.6 cm³/mol. The average Bonchev–Trinajstić information content (AvgIpc) is 3.08. The average molecular weight is 318 g/mol. The maximum atomic E-state index is 14.5. The molecule has 2 aliphatic heterocycles. The van der Waals surface area contributed by atoms with E-state index in [-0.39, 0.29) is 24.4 Å². The second kappa shape index (κ2) is 4.94. The Labute approximate surface area is 131 Å². The van der Waals surface area contributed by atoms with Crippen LogP contribution in [0, 0.1) is 12.9 Å². The summed E-state index contributed by atoms with van der Waals surface area (Å²) in [6, 6.07) is 3.33. The van der Waals surface area contributed by atoms with Gasteiger partial charge in [-0.2, -0.15) is 4.39 Å².